The minimum Gasteiger partial charge on any atom is -0.457 e. The summed E-state index contributed by atoms with van der Waals surface area (Å²) in [6.45, 7) is 19.0. The van der Waals surface area contributed by atoms with Gasteiger partial charge in [0.15, 0.2) is 12.4 Å². The van der Waals surface area contributed by atoms with Gasteiger partial charge in [-0.2, -0.15) is 0 Å². The maximum atomic E-state index is 12.0. The summed E-state index contributed by atoms with van der Waals surface area (Å²) >= 11 is 0. The highest BCUT2D eigenvalue weighted by atomic mass is 16.7. The Kier molecular flexibility index (Phi) is 8.15. The normalized spacial score (nSPS) is 47.4. The van der Waals surface area contributed by atoms with Crippen LogP contribution in [0.3, 0.4) is 0 Å². The van der Waals surface area contributed by atoms with Crippen LogP contribution in [0.1, 0.15) is 120 Å². The van der Waals surface area contributed by atoms with Crippen molar-refractivity contribution in [1.29, 1.82) is 0 Å². The lowest BCUT2D eigenvalue weighted by atomic mass is 9.46. The van der Waals surface area contributed by atoms with Crippen LogP contribution >= 0.6 is 0 Å². The third-order valence-corrected chi connectivity index (χ3v) is 15.5. The fourth-order valence-electron chi connectivity index (χ4n) is 13.1. The lowest BCUT2D eigenvalue weighted by Gasteiger charge is -2.60. The van der Waals surface area contributed by atoms with Crippen LogP contribution in [0.4, 0.5) is 0 Å². The fourth-order valence-corrected chi connectivity index (χ4v) is 13.1. The summed E-state index contributed by atoms with van der Waals surface area (Å²) in [5.41, 5.74) is -0.113. The van der Waals surface area contributed by atoms with Crippen LogP contribution in [0.25, 0.3) is 0 Å². The Morgan fingerprint density at radius 2 is 1.72 bits per heavy atom. The molecule has 8 nitrogen and oxygen atoms in total. The number of hydrogen-bond acceptors (Lipinski definition) is 8. The largest absolute Gasteiger partial charge is 0.457 e. The molecule has 0 amide bonds. The zero-order valence-electron chi connectivity index (χ0n) is 30.0. The number of hydrogen-bond donors (Lipinski definition) is 2. The molecule has 262 valence electrons. The molecule has 5 saturated carbocycles. The number of aliphatic hydroxyl groups is 2. The summed E-state index contributed by atoms with van der Waals surface area (Å²) in [7, 11) is 0. The van der Waals surface area contributed by atoms with Gasteiger partial charge in [-0.1, -0.05) is 20.8 Å². The molecule has 7 aliphatic rings. The SMILES string of the molecule is CC(=O)O[C@@H](C1CCC2C(CC3C4CCC5C(C)(C)[C@@H](OC6CN(C(C)(C)CO)CCO6)CCC56C[C@@]46CCC23C)O1)C(C)(C)O. The Labute approximate surface area is 277 Å². The molecule has 9 unspecified atom stereocenters. The Bertz CT molecular complexity index is 1180. The first kappa shape index (κ1) is 33.7. The lowest BCUT2D eigenvalue weighted by molar-refractivity contribution is -0.251. The second-order valence-electron chi connectivity index (χ2n) is 18.9. The van der Waals surface area contributed by atoms with E-state index in [0.29, 0.717) is 47.2 Å². The van der Waals surface area contributed by atoms with E-state index in [-0.39, 0.29) is 48.1 Å². The van der Waals surface area contributed by atoms with Crippen molar-refractivity contribution in [2.45, 2.75) is 161 Å². The highest BCUT2D eigenvalue weighted by Crippen LogP contribution is 2.87. The molecular formula is C38H63NO7. The molecule has 2 N–H and O–H groups in total. The Balaban J connectivity index is 1.05. The van der Waals surface area contributed by atoms with Crippen LogP contribution in [-0.2, 0) is 23.7 Å². The monoisotopic (exact) mass is 645 g/mol. The fraction of sp³-hybridized carbons (Fsp3) is 0.974. The topological polar surface area (TPSA) is 97.7 Å². The molecule has 7 fully saturated rings. The van der Waals surface area contributed by atoms with Crippen molar-refractivity contribution in [2.75, 3.05) is 26.3 Å². The number of rotatable bonds is 7. The first-order chi connectivity index (χ1) is 21.5. The van der Waals surface area contributed by atoms with Crippen molar-refractivity contribution < 1.29 is 34.0 Å². The number of carbonyl (C=O) groups is 1. The highest BCUT2D eigenvalue weighted by Gasteiger charge is 2.80. The molecule has 0 aromatic rings. The van der Waals surface area contributed by atoms with E-state index in [1.165, 1.54) is 45.4 Å². The van der Waals surface area contributed by atoms with E-state index in [0.717, 1.165) is 38.1 Å². The molecule has 5 aliphatic carbocycles. The van der Waals surface area contributed by atoms with Crippen LogP contribution in [0, 0.1) is 45.3 Å². The molecule has 2 spiro atoms. The van der Waals surface area contributed by atoms with Gasteiger partial charge < -0.3 is 29.2 Å². The van der Waals surface area contributed by atoms with Gasteiger partial charge in [0.2, 0.25) is 0 Å². The average molecular weight is 646 g/mol. The summed E-state index contributed by atoms with van der Waals surface area (Å²) < 4.78 is 25.6. The van der Waals surface area contributed by atoms with Gasteiger partial charge in [-0.3, -0.25) is 9.69 Å². The molecule has 46 heavy (non-hydrogen) atoms. The number of nitrogens with zero attached hydrogens (tertiary/aromatic N) is 1. The summed E-state index contributed by atoms with van der Waals surface area (Å²) in [6, 6.07) is 0. The molecule has 2 saturated heterocycles. The van der Waals surface area contributed by atoms with Gasteiger partial charge in [-0.25, -0.2) is 0 Å². The van der Waals surface area contributed by atoms with Crippen molar-refractivity contribution >= 4 is 5.97 Å². The molecule has 0 aromatic carbocycles. The second-order valence-corrected chi connectivity index (χ2v) is 18.9. The number of carbonyl (C=O) groups excluding carboxylic acids is 1. The van der Waals surface area contributed by atoms with E-state index >= 15 is 0 Å². The minimum atomic E-state index is -1.14. The summed E-state index contributed by atoms with van der Waals surface area (Å²) in [5.74, 6) is 2.30. The predicted octanol–water partition coefficient (Wildman–Crippen LogP) is 5.71. The molecule has 2 heterocycles. The van der Waals surface area contributed by atoms with Gasteiger partial charge in [0.05, 0.1) is 43.7 Å². The van der Waals surface area contributed by atoms with E-state index in [1.807, 2.05) is 0 Å². The molecule has 0 radical (unpaired) electrons. The molecular weight excluding hydrogens is 582 g/mol. The van der Waals surface area contributed by atoms with Gasteiger partial charge in [0, 0.05) is 19.0 Å². The van der Waals surface area contributed by atoms with Crippen LogP contribution in [0.5, 0.6) is 0 Å². The summed E-state index contributed by atoms with van der Waals surface area (Å²) in [6.07, 6.45) is 11.3. The van der Waals surface area contributed by atoms with Gasteiger partial charge in [0.1, 0.15) is 0 Å². The number of esters is 1. The Morgan fingerprint density at radius 3 is 2.41 bits per heavy atom. The number of fused-ring (bicyclic) bond motifs is 4. The second kappa shape index (κ2) is 11.1. The van der Waals surface area contributed by atoms with Crippen molar-refractivity contribution in [3.05, 3.63) is 0 Å². The quantitative estimate of drug-likeness (QED) is 0.340. The van der Waals surface area contributed by atoms with Crippen LogP contribution < -0.4 is 0 Å². The van der Waals surface area contributed by atoms with E-state index in [9.17, 15) is 15.0 Å². The van der Waals surface area contributed by atoms with Crippen molar-refractivity contribution in [2.24, 2.45) is 45.3 Å². The van der Waals surface area contributed by atoms with Crippen molar-refractivity contribution in [3.8, 4) is 0 Å². The van der Waals surface area contributed by atoms with Crippen molar-refractivity contribution in [1.82, 2.24) is 4.90 Å². The minimum absolute atomic E-state index is 0.0917. The zero-order valence-corrected chi connectivity index (χ0v) is 30.0. The molecule has 8 heteroatoms. The first-order valence-electron chi connectivity index (χ1n) is 18.7. The van der Waals surface area contributed by atoms with E-state index in [1.54, 1.807) is 13.8 Å². The van der Waals surface area contributed by atoms with Crippen LogP contribution in [0.15, 0.2) is 0 Å². The predicted molar refractivity (Wildman–Crippen MR) is 175 cm³/mol. The first-order valence-corrected chi connectivity index (χ1v) is 18.7. The summed E-state index contributed by atoms with van der Waals surface area (Å²) in [5, 5.41) is 20.9. The van der Waals surface area contributed by atoms with Gasteiger partial charge in [-0.15, -0.1) is 0 Å². The highest BCUT2D eigenvalue weighted by molar-refractivity contribution is 5.66. The van der Waals surface area contributed by atoms with Gasteiger partial charge in [-0.05, 0) is 137 Å². The molecule has 7 rings (SSSR count). The van der Waals surface area contributed by atoms with Crippen LogP contribution in [-0.4, -0.2) is 89.2 Å². The molecule has 0 bridgehead atoms. The Morgan fingerprint density at radius 1 is 0.978 bits per heavy atom. The molecule has 0 aromatic heterocycles. The third kappa shape index (κ3) is 5.00. The number of ether oxygens (including phenoxy) is 4. The van der Waals surface area contributed by atoms with Gasteiger partial charge in [0.25, 0.3) is 0 Å². The maximum absolute atomic E-state index is 12.0. The van der Waals surface area contributed by atoms with E-state index in [2.05, 4.69) is 39.5 Å². The maximum Gasteiger partial charge on any atom is 0.303 e. The molecule has 12 atom stereocenters. The molecule has 2 aliphatic heterocycles. The number of aliphatic hydroxyl groups excluding tert-OH is 1. The summed E-state index contributed by atoms with van der Waals surface area (Å²) in [4.78, 5) is 14.3. The van der Waals surface area contributed by atoms with E-state index < -0.39 is 11.7 Å². The van der Waals surface area contributed by atoms with E-state index in [4.69, 9.17) is 18.9 Å². The third-order valence-electron chi connectivity index (χ3n) is 15.5. The lowest BCUT2D eigenvalue weighted by Crippen LogP contribution is -2.58. The zero-order chi connectivity index (χ0) is 33.1. The van der Waals surface area contributed by atoms with Gasteiger partial charge >= 0.3 is 5.97 Å². The average Bonchev–Trinajstić information content (AvgIpc) is 3.56. The standard InChI is InChI=1S/C38H63NO7/c1-23(41)44-32(35(6,7)42)27-11-9-25-28(45-27)19-26-24-10-12-29-34(4,5)30(46-31-20-39(17-18-43-31)33(2,3)22-40)13-14-38(29)21-37(24,38)16-15-36(25,26)8/h24-32,40,42H,9-22H2,1-8H3/t24?,25?,26?,27?,28?,29?,30-,31?,32-,36?,37-,38?/m0/s1. The van der Waals surface area contributed by atoms with Crippen LogP contribution in [0.2, 0.25) is 0 Å². The Hall–Kier alpha value is -0.770. The van der Waals surface area contributed by atoms with Crippen molar-refractivity contribution in [3.63, 3.8) is 0 Å². The smallest absolute Gasteiger partial charge is 0.303 e. The number of morpholine rings is 1.